The first-order valence-electron chi connectivity index (χ1n) is 6.91. The van der Waals surface area contributed by atoms with Gasteiger partial charge in [-0.3, -0.25) is 10.1 Å². The quantitative estimate of drug-likeness (QED) is 0.899. The molecule has 0 amide bonds. The van der Waals surface area contributed by atoms with Crippen LogP contribution < -0.4 is 0 Å². The minimum Gasteiger partial charge on any atom is -0.378 e. The molecular weight excluding hydrogens is 238 g/mol. The zero-order valence-corrected chi connectivity index (χ0v) is 11.4. The van der Waals surface area contributed by atoms with Crippen molar-refractivity contribution in [2.24, 2.45) is 0 Å². The number of nitrogens with one attached hydrogen (secondary N) is 1. The zero-order valence-electron chi connectivity index (χ0n) is 11.4. The van der Waals surface area contributed by atoms with Gasteiger partial charge in [0.2, 0.25) is 0 Å². The van der Waals surface area contributed by atoms with Gasteiger partial charge in [0.15, 0.2) is 0 Å². The van der Waals surface area contributed by atoms with E-state index in [-0.39, 0.29) is 6.10 Å². The Morgan fingerprint density at radius 2 is 2.37 bits per heavy atom. The summed E-state index contributed by atoms with van der Waals surface area (Å²) in [6, 6.07) is 4.16. The van der Waals surface area contributed by atoms with Crippen molar-refractivity contribution >= 4 is 0 Å². The van der Waals surface area contributed by atoms with Crippen LogP contribution in [0, 0.1) is 0 Å². The number of fused-ring (bicyclic) bond motifs is 1. The first kappa shape index (κ1) is 12.4. The number of aromatic amines is 1. The van der Waals surface area contributed by atoms with E-state index < -0.39 is 0 Å². The number of ether oxygens (including phenoxy) is 1. The van der Waals surface area contributed by atoms with Crippen LogP contribution in [-0.4, -0.2) is 27.9 Å². The molecule has 1 N–H and O–H groups in total. The second-order valence-corrected chi connectivity index (χ2v) is 5.05. The molecule has 0 aliphatic carbocycles. The fourth-order valence-electron chi connectivity index (χ4n) is 2.61. The summed E-state index contributed by atoms with van der Waals surface area (Å²) >= 11 is 0. The van der Waals surface area contributed by atoms with Gasteiger partial charge in [0.25, 0.3) is 0 Å². The van der Waals surface area contributed by atoms with E-state index in [0.29, 0.717) is 0 Å². The lowest BCUT2D eigenvalue weighted by atomic mass is 10.0. The molecule has 0 fully saturated rings. The number of aryl methyl sites for hydroxylation is 1. The third kappa shape index (κ3) is 2.40. The molecule has 0 saturated heterocycles. The van der Waals surface area contributed by atoms with Crippen LogP contribution in [0.25, 0.3) is 11.3 Å². The molecule has 3 heterocycles. The second kappa shape index (κ2) is 5.13. The maximum absolute atomic E-state index is 5.72. The van der Waals surface area contributed by atoms with E-state index in [0.717, 1.165) is 42.8 Å². The van der Waals surface area contributed by atoms with E-state index >= 15 is 0 Å². The summed E-state index contributed by atoms with van der Waals surface area (Å²) in [5.74, 6) is 0. The molecule has 1 aliphatic rings. The smallest absolute Gasteiger partial charge is 0.0957 e. The molecular formula is C15H19N3O. The van der Waals surface area contributed by atoms with Gasteiger partial charge in [-0.2, -0.15) is 5.10 Å². The van der Waals surface area contributed by atoms with Crippen LogP contribution in [0.5, 0.6) is 0 Å². The van der Waals surface area contributed by atoms with E-state index in [1.807, 2.05) is 12.3 Å². The topological polar surface area (TPSA) is 50.8 Å². The monoisotopic (exact) mass is 257 g/mol. The number of nitrogens with zero attached hydrogens (tertiary/aromatic N) is 2. The van der Waals surface area contributed by atoms with Crippen molar-refractivity contribution in [3.05, 3.63) is 35.3 Å². The van der Waals surface area contributed by atoms with Crippen molar-refractivity contribution in [2.75, 3.05) is 6.61 Å². The van der Waals surface area contributed by atoms with Crippen molar-refractivity contribution in [2.45, 2.75) is 39.2 Å². The van der Waals surface area contributed by atoms with Crippen molar-refractivity contribution in [3.8, 4) is 11.3 Å². The summed E-state index contributed by atoms with van der Waals surface area (Å²) in [6.45, 7) is 5.00. The molecule has 0 spiro atoms. The number of aromatic nitrogens is 3. The Balaban J connectivity index is 2.01. The standard InChI is InChI=1S/C15H19N3O/c1-3-12-9-11(4-6-16-12)15-13-5-7-19-10(2)8-14(13)17-18-15/h4,6,9-10H,3,5,7-8H2,1-2H3,(H,17,18)/t10-/m1/s1. The maximum Gasteiger partial charge on any atom is 0.0957 e. The molecule has 2 aromatic rings. The molecule has 4 nitrogen and oxygen atoms in total. The Morgan fingerprint density at radius 1 is 1.47 bits per heavy atom. The maximum atomic E-state index is 5.72. The van der Waals surface area contributed by atoms with Gasteiger partial charge in [-0.1, -0.05) is 6.92 Å². The summed E-state index contributed by atoms with van der Waals surface area (Å²) in [5.41, 5.74) is 5.84. The van der Waals surface area contributed by atoms with Gasteiger partial charge in [0.05, 0.1) is 18.4 Å². The Kier molecular flexibility index (Phi) is 3.34. The number of hydrogen-bond donors (Lipinski definition) is 1. The summed E-state index contributed by atoms with van der Waals surface area (Å²) in [6.07, 6.45) is 4.91. The lowest BCUT2D eigenvalue weighted by molar-refractivity contribution is 0.0737. The second-order valence-electron chi connectivity index (χ2n) is 5.05. The van der Waals surface area contributed by atoms with E-state index in [9.17, 15) is 0 Å². The highest BCUT2D eigenvalue weighted by molar-refractivity contribution is 5.64. The minimum atomic E-state index is 0.262. The predicted molar refractivity (Wildman–Crippen MR) is 74.0 cm³/mol. The average Bonchev–Trinajstić information content (AvgIpc) is 2.72. The van der Waals surface area contributed by atoms with Gasteiger partial charge in [-0.15, -0.1) is 0 Å². The number of H-pyrrole nitrogens is 1. The molecule has 100 valence electrons. The highest BCUT2D eigenvalue weighted by atomic mass is 16.5. The summed E-state index contributed by atoms with van der Waals surface area (Å²) in [5, 5.41) is 7.69. The third-order valence-electron chi connectivity index (χ3n) is 3.65. The molecule has 1 aliphatic heterocycles. The summed E-state index contributed by atoms with van der Waals surface area (Å²) in [7, 11) is 0. The number of rotatable bonds is 2. The van der Waals surface area contributed by atoms with Crippen LogP contribution in [0.4, 0.5) is 0 Å². The van der Waals surface area contributed by atoms with Gasteiger partial charge in [0.1, 0.15) is 0 Å². The molecule has 0 aromatic carbocycles. The molecule has 0 bridgehead atoms. The van der Waals surface area contributed by atoms with Gasteiger partial charge in [-0.05, 0) is 31.9 Å². The fourth-order valence-corrected chi connectivity index (χ4v) is 2.61. The average molecular weight is 257 g/mol. The van der Waals surface area contributed by atoms with E-state index in [2.05, 4.69) is 35.1 Å². The minimum absolute atomic E-state index is 0.262. The van der Waals surface area contributed by atoms with Crippen molar-refractivity contribution in [3.63, 3.8) is 0 Å². The number of pyridine rings is 1. The first-order valence-corrected chi connectivity index (χ1v) is 6.91. The Hall–Kier alpha value is -1.68. The van der Waals surface area contributed by atoms with Crippen LogP contribution in [0.2, 0.25) is 0 Å². The van der Waals surface area contributed by atoms with Crippen LogP contribution in [0.3, 0.4) is 0 Å². The Bertz CT molecular complexity index is 577. The number of hydrogen-bond acceptors (Lipinski definition) is 3. The van der Waals surface area contributed by atoms with Gasteiger partial charge >= 0.3 is 0 Å². The van der Waals surface area contributed by atoms with Crippen molar-refractivity contribution in [1.82, 2.24) is 15.2 Å². The van der Waals surface area contributed by atoms with Gasteiger partial charge in [0, 0.05) is 35.1 Å². The highest BCUT2D eigenvalue weighted by Crippen LogP contribution is 2.27. The molecule has 2 aromatic heterocycles. The normalized spacial score (nSPS) is 18.9. The molecule has 0 saturated carbocycles. The van der Waals surface area contributed by atoms with Crippen LogP contribution in [-0.2, 0) is 24.0 Å². The lowest BCUT2D eigenvalue weighted by Crippen LogP contribution is -2.10. The summed E-state index contributed by atoms with van der Waals surface area (Å²) in [4.78, 5) is 4.35. The molecule has 0 radical (unpaired) electrons. The van der Waals surface area contributed by atoms with E-state index in [4.69, 9.17) is 4.74 Å². The van der Waals surface area contributed by atoms with Crippen LogP contribution in [0.1, 0.15) is 30.8 Å². The third-order valence-corrected chi connectivity index (χ3v) is 3.65. The summed E-state index contributed by atoms with van der Waals surface area (Å²) < 4.78 is 5.72. The van der Waals surface area contributed by atoms with Crippen LogP contribution in [0.15, 0.2) is 18.3 Å². The molecule has 0 unspecified atom stereocenters. The Morgan fingerprint density at radius 3 is 3.21 bits per heavy atom. The zero-order chi connectivity index (χ0) is 13.2. The van der Waals surface area contributed by atoms with Gasteiger partial charge < -0.3 is 4.74 Å². The first-order chi connectivity index (χ1) is 9.28. The SMILES string of the molecule is CCc1cc(-c2n[nH]c3c2CCO[C@H](C)C3)ccn1. The van der Waals surface area contributed by atoms with E-state index in [1.165, 1.54) is 11.3 Å². The predicted octanol–water partition coefficient (Wildman–Crippen LogP) is 2.54. The molecule has 19 heavy (non-hydrogen) atoms. The Labute approximate surface area is 113 Å². The largest absolute Gasteiger partial charge is 0.378 e. The molecule has 4 heteroatoms. The van der Waals surface area contributed by atoms with Gasteiger partial charge in [-0.25, -0.2) is 0 Å². The molecule has 3 rings (SSSR count). The highest BCUT2D eigenvalue weighted by Gasteiger charge is 2.20. The van der Waals surface area contributed by atoms with E-state index in [1.54, 1.807) is 0 Å². The van der Waals surface area contributed by atoms with Crippen molar-refractivity contribution in [1.29, 1.82) is 0 Å². The van der Waals surface area contributed by atoms with Crippen LogP contribution >= 0.6 is 0 Å². The molecule has 1 atom stereocenters. The van der Waals surface area contributed by atoms with Crippen molar-refractivity contribution < 1.29 is 4.74 Å². The lowest BCUT2D eigenvalue weighted by Gasteiger charge is -2.06. The fraction of sp³-hybridized carbons (Fsp3) is 0.467.